The van der Waals surface area contributed by atoms with Crippen LogP contribution in [0.4, 0.5) is 0 Å². The van der Waals surface area contributed by atoms with Crippen LogP contribution < -0.4 is 5.32 Å². The summed E-state index contributed by atoms with van der Waals surface area (Å²) in [7, 11) is 0. The highest BCUT2D eigenvalue weighted by atomic mass is 16.3. The predicted molar refractivity (Wildman–Crippen MR) is 65.1 cm³/mol. The molecule has 1 aromatic heterocycles. The number of benzene rings is 1. The average Bonchev–Trinajstić information content (AvgIpc) is 2.28. The Morgan fingerprint density at radius 1 is 1.38 bits per heavy atom. The van der Waals surface area contributed by atoms with E-state index < -0.39 is 0 Å². The van der Waals surface area contributed by atoms with Gasteiger partial charge in [-0.15, -0.1) is 0 Å². The zero-order valence-corrected chi connectivity index (χ0v) is 9.35. The number of pyridine rings is 1. The normalized spacial score (nSPS) is 12.9. The van der Waals surface area contributed by atoms with E-state index in [4.69, 9.17) is 5.11 Å². The van der Waals surface area contributed by atoms with E-state index in [2.05, 4.69) is 28.5 Å². The molecule has 0 spiro atoms. The molecule has 0 bridgehead atoms. The van der Waals surface area contributed by atoms with Gasteiger partial charge in [-0.2, -0.15) is 0 Å². The van der Waals surface area contributed by atoms with Crippen molar-refractivity contribution in [3.63, 3.8) is 0 Å². The van der Waals surface area contributed by atoms with Crippen molar-refractivity contribution in [1.82, 2.24) is 10.3 Å². The largest absolute Gasteiger partial charge is 0.392 e. The highest BCUT2D eigenvalue weighted by Crippen LogP contribution is 2.12. The van der Waals surface area contributed by atoms with E-state index in [0.717, 1.165) is 17.4 Å². The summed E-state index contributed by atoms with van der Waals surface area (Å²) in [6.07, 6.45) is 1.50. The van der Waals surface area contributed by atoms with Crippen molar-refractivity contribution in [2.24, 2.45) is 0 Å². The second-order valence-electron chi connectivity index (χ2n) is 4.01. The quantitative estimate of drug-likeness (QED) is 0.817. The molecule has 2 N–H and O–H groups in total. The molecule has 0 saturated carbocycles. The number of aliphatic hydroxyl groups is 1. The van der Waals surface area contributed by atoms with Gasteiger partial charge < -0.3 is 10.4 Å². The summed E-state index contributed by atoms with van der Waals surface area (Å²) in [6.45, 7) is 3.16. The zero-order chi connectivity index (χ0) is 11.4. The number of rotatable bonds is 4. The molecule has 3 nitrogen and oxygen atoms in total. The van der Waals surface area contributed by atoms with Gasteiger partial charge in [0.1, 0.15) is 0 Å². The minimum atomic E-state index is -0.304. The number of hydrogen-bond donors (Lipinski definition) is 2. The molecule has 1 atom stereocenters. The van der Waals surface area contributed by atoms with Gasteiger partial charge in [-0.3, -0.25) is 4.98 Å². The number of aromatic nitrogens is 1. The van der Waals surface area contributed by atoms with Crippen molar-refractivity contribution >= 4 is 10.9 Å². The highest BCUT2D eigenvalue weighted by molar-refractivity contribution is 5.78. The molecule has 0 amide bonds. The third-order valence-corrected chi connectivity index (χ3v) is 2.44. The van der Waals surface area contributed by atoms with E-state index in [0.29, 0.717) is 6.54 Å². The second-order valence-corrected chi connectivity index (χ2v) is 4.01. The van der Waals surface area contributed by atoms with Crippen LogP contribution in [0.2, 0.25) is 0 Å². The van der Waals surface area contributed by atoms with Crippen molar-refractivity contribution in [1.29, 1.82) is 0 Å². The highest BCUT2D eigenvalue weighted by Gasteiger charge is 1.98. The van der Waals surface area contributed by atoms with E-state index in [-0.39, 0.29) is 6.10 Å². The minimum absolute atomic E-state index is 0.304. The lowest BCUT2D eigenvalue weighted by Gasteiger charge is -2.07. The summed E-state index contributed by atoms with van der Waals surface area (Å²) in [4.78, 5) is 4.27. The smallest absolute Gasteiger partial charge is 0.0702 e. The van der Waals surface area contributed by atoms with Gasteiger partial charge in [-0.05, 0) is 30.7 Å². The molecule has 0 unspecified atom stereocenters. The first-order valence-corrected chi connectivity index (χ1v) is 5.48. The number of fused-ring (bicyclic) bond motifs is 1. The monoisotopic (exact) mass is 216 g/mol. The Morgan fingerprint density at radius 3 is 3.06 bits per heavy atom. The van der Waals surface area contributed by atoms with Crippen LogP contribution in [0.5, 0.6) is 0 Å². The van der Waals surface area contributed by atoms with Crippen LogP contribution in [0, 0.1) is 0 Å². The van der Waals surface area contributed by atoms with E-state index >= 15 is 0 Å². The molecular formula is C13H16N2O. The zero-order valence-electron chi connectivity index (χ0n) is 9.35. The van der Waals surface area contributed by atoms with Crippen LogP contribution in [-0.2, 0) is 6.54 Å². The Balaban J connectivity index is 2.08. The topological polar surface area (TPSA) is 45.1 Å². The maximum absolute atomic E-state index is 9.13. The number of nitrogens with one attached hydrogen (secondary N) is 1. The molecule has 1 aromatic carbocycles. The Morgan fingerprint density at radius 2 is 2.25 bits per heavy atom. The Bertz CT molecular complexity index is 468. The van der Waals surface area contributed by atoms with Crippen LogP contribution in [0.3, 0.4) is 0 Å². The van der Waals surface area contributed by atoms with Crippen molar-refractivity contribution in [3.05, 3.63) is 42.1 Å². The fourth-order valence-electron chi connectivity index (χ4n) is 1.66. The van der Waals surface area contributed by atoms with Crippen molar-refractivity contribution in [2.45, 2.75) is 19.6 Å². The van der Waals surface area contributed by atoms with E-state index in [1.165, 1.54) is 5.56 Å². The average molecular weight is 216 g/mol. The summed E-state index contributed by atoms with van der Waals surface area (Å²) in [6, 6.07) is 10.2. The molecule has 2 aromatic rings. The molecule has 3 heteroatoms. The van der Waals surface area contributed by atoms with Crippen LogP contribution in [-0.4, -0.2) is 22.7 Å². The lowest BCUT2D eigenvalue weighted by Crippen LogP contribution is -2.23. The fraction of sp³-hybridized carbons (Fsp3) is 0.308. The lowest BCUT2D eigenvalue weighted by molar-refractivity contribution is 0.191. The third-order valence-electron chi connectivity index (χ3n) is 2.44. The molecule has 2 rings (SSSR count). The fourth-order valence-corrected chi connectivity index (χ4v) is 1.66. The molecule has 16 heavy (non-hydrogen) atoms. The predicted octanol–water partition coefficient (Wildman–Crippen LogP) is 1.71. The van der Waals surface area contributed by atoms with E-state index in [1.54, 1.807) is 13.1 Å². The molecule has 84 valence electrons. The van der Waals surface area contributed by atoms with Crippen LogP contribution in [0.1, 0.15) is 12.5 Å². The second kappa shape index (κ2) is 5.05. The number of nitrogens with zero attached hydrogens (tertiary/aromatic N) is 1. The van der Waals surface area contributed by atoms with Crippen LogP contribution in [0.15, 0.2) is 36.5 Å². The van der Waals surface area contributed by atoms with Gasteiger partial charge in [0, 0.05) is 24.7 Å². The Labute approximate surface area is 95.1 Å². The van der Waals surface area contributed by atoms with E-state index in [9.17, 15) is 0 Å². The maximum Gasteiger partial charge on any atom is 0.0702 e. The van der Waals surface area contributed by atoms with Crippen molar-refractivity contribution in [2.75, 3.05) is 6.54 Å². The molecular weight excluding hydrogens is 200 g/mol. The van der Waals surface area contributed by atoms with Gasteiger partial charge >= 0.3 is 0 Å². The van der Waals surface area contributed by atoms with Gasteiger partial charge in [-0.25, -0.2) is 0 Å². The summed E-state index contributed by atoms with van der Waals surface area (Å²) in [5, 5.41) is 13.5. The van der Waals surface area contributed by atoms with Crippen LogP contribution >= 0.6 is 0 Å². The molecule has 0 fully saturated rings. The maximum atomic E-state index is 9.13. The molecule has 0 radical (unpaired) electrons. The standard InChI is InChI=1S/C13H16N2O/c1-10(16)8-14-9-11-4-5-13-12(7-11)3-2-6-15-13/h2-7,10,14,16H,8-9H2,1H3/t10-/m1/s1. The SMILES string of the molecule is C[C@@H](O)CNCc1ccc2ncccc2c1. The minimum Gasteiger partial charge on any atom is -0.392 e. The third kappa shape index (κ3) is 2.78. The molecule has 0 aliphatic carbocycles. The number of aliphatic hydroxyl groups excluding tert-OH is 1. The van der Waals surface area contributed by atoms with Gasteiger partial charge in [0.05, 0.1) is 11.6 Å². The van der Waals surface area contributed by atoms with Gasteiger partial charge in [0.25, 0.3) is 0 Å². The number of hydrogen-bond acceptors (Lipinski definition) is 3. The van der Waals surface area contributed by atoms with Crippen molar-refractivity contribution in [3.8, 4) is 0 Å². The summed E-state index contributed by atoms with van der Waals surface area (Å²) in [5.41, 5.74) is 2.22. The van der Waals surface area contributed by atoms with Gasteiger partial charge in [0.15, 0.2) is 0 Å². The molecule has 0 aliphatic rings. The molecule has 1 heterocycles. The van der Waals surface area contributed by atoms with E-state index in [1.807, 2.05) is 12.1 Å². The first-order valence-electron chi connectivity index (χ1n) is 5.48. The van der Waals surface area contributed by atoms with Gasteiger partial charge in [-0.1, -0.05) is 12.1 Å². The summed E-state index contributed by atoms with van der Waals surface area (Å²) < 4.78 is 0. The molecule has 0 aliphatic heterocycles. The lowest BCUT2D eigenvalue weighted by atomic mass is 10.1. The van der Waals surface area contributed by atoms with Crippen molar-refractivity contribution < 1.29 is 5.11 Å². The summed E-state index contributed by atoms with van der Waals surface area (Å²) in [5.74, 6) is 0. The Hall–Kier alpha value is -1.45. The summed E-state index contributed by atoms with van der Waals surface area (Å²) >= 11 is 0. The van der Waals surface area contributed by atoms with Crippen LogP contribution in [0.25, 0.3) is 10.9 Å². The first kappa shape index (κ1) is 11.0. The first-order chi connectivity index (χ1) is 7.75. The molecule has 0 saturated heterocycles. The van der Waals surface area contributed by atoms with Gasteiger partial charge in [0.2, 0.25) is 0 Å². The Kier molecular flexibility index (Phi) is 3.49.